The number of hydrogen-bond donors (Lipinski definition) is 1. The number of halogens is 1. The molecule has 1 aliphatic rings. The molecule has 0 bridgehead atoms. The molecule has 4 rings (SSSR count). The highest BCUT2D eigenvalue weighted by atomic mass is 35.5. The van der Waals surface area contributed by atoms with Gasteiger partial charge < -0.3 is 14.6 Å². The second kappa shape index (κ2) is 10.4. The molecule has 1 aliphatic heterocycles. The van der Waals surface area contributed by atoms with Crippen LogP contribution >= 0.6 is 11.6 Å². The zero-order valence-corrected chi connectivity index (χ0v) is 20.5. The van der Waals surface area contributed by atoms with Crippen molar-refractivity contribution in [2.45, 2.75) is 38.3 Å². The number of likely N-dealkylation sites (N-methyl/N-ethyl adjacent to an activating group) is 1. The van der Waals surface area contributed by atoms with Crippen LogP contribution in [0.5, 0.6) is 0 Å². The average molecular weight is 494 g/mol. The minimum absolute atomic E-state index is 0.204. The van der Waals surface area contributed by atoms with E-state index in [0.29, 0.717) is 23.0 Å². The molecular formula is C27H28ClN3O4. The molecule has 1 atom stereocenters. The summed E-state index contributed by atoms with van der Waals surface area (Å²) in [5, 5.41) is 3.51. The van der Waals surface area contributed by atoms with Gasteiger partial charge in [-0.05, 0) is 48.4 Å². The van der Waals surface area contributed by atoms with E-state index in [1.54, 1.807) is 25.2 Å². The molecule has 1 aromatic heterocycles. The van der Waals surface area contributed by atoms with E-state index in [2.05, 4.69) is 5.32 Å². The van der Waals surface area contributed by atoms with Gasteiger partial charge >= 0.3 is 6.03 Å². The predicted molar refractivity (Wildman–Crippen MR) is 134 cm³/mol. The van der Waals surface area contributed by atoms with Crippen LogP contribution in [0.4, 0.5) is 4.79 Å². The van der Waals surface area contributed by atoms with E-state index in [0.717, 1.165) is 28.9 Å². The molecule has 35 heavy (non-hydrogen) atoms. The molecule has 0 saturated carbocycles. The van der Waals surface area contributed by atoms with E-state index in [9.17, 15) is 14.4 Å². The fraction of sp³-hybridized carbons (Fsp3) is 0.296. The Morgan fingerprint density at radius 1 is 1.06 bits per heavy atom. The summed E-state index contributed by atoms with van der Waals surface area (Å²) < 4.78 is 5.88. The van der Waals surface area contributed by atoms with E-state index >= 15 is 0 Å². The standard InChI is InChI=1S/C27H28ClN3O4/c1-3-4-16-27(20-8-6-5-7-9-20)25(33)31(26(34)29-27)18-24(32)30(2)17-22-14-15-23(35-22)19-10-12-21(28)13-11-19/h5-15H,3-4,16-18H2,1-2H3,(H,29,34). The summed E-state index contributed by atoms with van der Waals surface area (Å²) in [6, 6.07) is 19.6. The molecule has 1 unspecified atom stereocenters. The largest absolute Gasteiger partial charge is 0.459 e. The summed E-state index contributed by atoms with van der Waals surface area (Å²) in [6.07, 6.45) is 2.11. The van der Waals surface area contributed by atoms with E-state index < -0.39 is 17.5 Å². The Labute approximate surface area is 209 Å². The van der Waals surface area contributed by atoms with Crippen molar-refractivity contribution in [2.24, 2.45) is 0 Å². The van der Waals surface area contributed by atoms with Gasteiger partial charge in [-0.25, -0.2) is 4.79 Å². The zero-order valence-electron chi connectivity index (χ0n) is 19.8. The number of hydrogen-bond acceptors (Lipinski definition) is 4. The number of carbonyl (C=O) groups excluding carboxylic acids is 3. The summed E-state index contributed by atoms with van der Waals surface area (Å²) in [6.45, 7) is 1.89. The van der Waals surface area contributed by atoms with Crippen molar-refractivity contribution in [1.29, 1.82) is 0 Å². The number of urea groups is 1. The molecule has 8 heteroatoms. The number of carbonyl (C=O) groups is 3. The molecule has 3 aromatic rings. The molecule has 1 N–H and O–H groups in total. The van der Waals surface area contributed by atoms with Crippen molar-refractivity contribution in [1.82, 2.24) is 15.1 Å². The van der Waals surface area contributed by atoms with Crippen molar-refractivity contribution in [2.75, 3.05) is 13.6 Å². The molecular weight excluding hydrogens is 466 g/mol. The fourth-order valence-electron chi connectivity index (χ4n) is 4.25. The highest BCUT2D eigenvalue weighted by Gasteiger charge is 2.52. The molecule has 0 spiro atoms. The Hall–Kier alpha value is -3.58. The lowest BCUT2D eigenvalue weighted by atomic mass is 9.85. The van der Waals surface area contributed by atoms with Crippen molar-refractivity contribution >= 4 is 29.4 Å². The maximum atomic E-state index is 13.5. The second-order valence-electron chi connectivity index (χ2n) is 8.72. The van der Waals surface area contributed by atoms with Gasteiger partial charge in [0, 0.05) is 17.6 Å². The van der Waals surface area contributed by atoms with Crippen molar-refractivity contribution in [3.63, 3.8) is 0 Å². The normalized spacial score (nSPS) is 17.5. The molecule has 2 aromatic carbocycles. The SMILES string of the molecule is CCCCC1(c2ccccc2)NC(=O)N(CC(=O)N(C)Cc2ccc(-c3ccc(Cl)cc3)o2)C1=O. The van der Waals surface area contributed by atoms with E-state index in [4.69, 9.17) is 16.0 Å². The third-order valence-electron chi connectivity index (χ3n) is 6.25. The third-order valence-corrected chi connectivity index (χ3v) is 6.50. The fourth-order valence-corrected chi connectivity index (χ4v) is 4.38. The number of amides is 4. The molecule has 4 amide bonds. The van der Waals surface area contributed by atoms with E-state index in [1.807, 2.05) is 55.5 Å². The van der Waals surface area contributed by atoms with Gasteiger partial charge in [-0.15, -0.1) is 0 Å². The van der Waals surface area contributed by atoms with Crippen LogP contribution in [0.2, 0.25) is 5.02 Å². The first-order valence-electron chi connectivity index (χ1n) is 11.6. The average Bonchev–Trinajstić information content (AvgIpc) is 3.42. The van der Waals surface area contributed by atoms with E-state index in [-0.39, 0.29) is 19.0 Å². The van der Waals surface area contributed by atoms with Crippen LogP contribution in [0.1, 0.15) is 37.5 Å². The van der Waals surface area contributed by atoms with Crippen LogP contribution in [-0.4, -0.2) is 41.2 Å². The first kappa shape index (κ1) is 24.5. The highest BCUT2D eigenvalue weighted by molar-refractivity contribution is 6.30. The number of imide groups is 1. The number of furan rings is 1. The molecule has 7 nitrogen and oxygen atoms in total. The first-order valence-corrected chi connectivity index (χ1v) is 12.0. The monoisotopic (exact) mass is 493 g/mol. The van der Waals surface area contributed by atoms with Crippen LogP contribution in [0, 0.1) is 0 Å². The van der Waals surface area contributed by atoms with Gasteiger partial charge in [0.15, 0.2) is 0 Å². The Bertz CT molecular complexity index is 1210. The molecule has 182 valence electrons. The minimum Gasteiger partial charge on any atom is -0.459 e. The molecule has 1 fully saturated rings. The van der Waals surface area contributed by atoms with Gasteiger partial charge in [-0.2, -0.15) is 0 Å². The van der Waals surface area contributed by atoms with Crippen molar-refractivity contribution < 1.29 is 18.8 Å². The van der Waals surface area contributed by atoms with Gasteiger partial charge in [0.2, 0.25) is 5.91 Å². The first-order chi connectivity index (χ1) is 16.8. The lowest BCUT2D eigenvalue weighted by molar-refractivity contribution is -0.139. The topological polar surface area (TPSA) is 82.9 Å². The van der Waals surface area contributed by atoms with E-state index in [1.165, 1.54) is 4.90 Å². The van der Waals surface area contributed by atoms with Crippen LogP contribution in [-0.2, 0) is 21.7 Å². The summed E-state index contributed by atoms with van der Waals surface area (Å²) in [4.78, 5) is 41.7. The zero-order chi connectivity index (χ0) is 25.0. The molecule has 1 saturated heterocycles. The van der Waals surface area contributed by atoms with Gasteiger partial charge in [0.25, 0.3) is 5.91 Å². The Kier molecular flexibility index (Phi) is 7.26. The smallest absolute Gasteiger partial charge is 0.325 e. The summed E-state index contributed by atoms with van der Waals surface area (Å²) in [5.74, 6) is 0.490. The highest BCUT2D eigenvalue weighted by Crippen LogP contribution is 2.34. The number of nitrogens with zero attached hydrogens (tertiary/aromatic N) is 2. The van der Waals surface area contributed by atoms with Crippen LogP contribution in [0.15, 0.2) is 71.1 Å². The summed E-state index contributed by atoms with van der Waals surface area (Å²) >= 11 is 5.94. The quantitative estimate of drug-likeness (QED) is 0.415. The van der Waals surface area contributed by atoms with Gasteiger partial charge in [-0.3, -0.25) is 14.5 Å². The number of unbranched alkanes of at least 4 members (excludes halogenated alkanes) is 1. The Balaban J connectivity index is 1.45. The van der Waals surface area contributed by atoms with Gasteiger partial charge in [0.05, 0.1) is 6.54 Å². The minimum atomic E-state index is -1.15. The maximum absolute atomic E-state index is 13.5. The van der Waals surface area contributed by atoms with Gasteiger partial charge in [0.1, 0.15) is 23.6 Å². The lowest BCUT2D eigenvalue weighted by Gasteiger charge is -2.27. The molecule has 0 aliphatic carbocycles. The summed E-state index contributed by atoms with van der Waals surface area (Å²) in [5.41, 5.74) is 0.445. The summed E-state index contributed by atoms with van der Waals surface area (Å²) in [7, 11) is 1.62. The second-order valence-corrected chi connectivity index (χ2v) is 9.16. The van der Waals surface area contributed by atoms with Crippen LogP contribution in [0.3, 0.4) is 0 Å². The van der Waals surface area contributed by atoms with Crippen molar-refractivity contribution in [3.05, 3.63) is 83.1 Å². The molecule has 2 heterocycles. The number of benzene rings is 2. The maximum Gasteiger partial charge on any atom is 0.325 e. The Morgan fingerprint density at radius 3 is 2.46 bits per heavy atom. The predicted octanol–water partition coefficient (Wildman–Crippen LogP) is 5.20. The van der Waals surface area contributed by atoms with Crippen LogP contribution in [0.25, 0.3) is 11.3 Å². The van der Waals surface area contributed by atoms with Crippen LogP contribution < -0.4 is 5.32 Å². The number of rotatable bonds is 9. The molecule has 0 radical (unpaired) electrons. The number of nitrogens with one attached hydrogen (secondary N) is 1. The Morgan fingerprint density at radius 2 is 1.77 bits per heavy atom. The van der Waals surface area contributed by atoms with Gasteiger partial charge in [-0.1, -0.05) is 61.7 Å². The third kappa shape index (κ3) is 5.10. The lowest BCUT2D eigenvalue weighted by Crippen LogP contribution is -2.45. The van der Waals surface area contributed by atoms with Crippen molar-refractivity contribution in [3.8, 4) is 11.3 Å².